The molecule has 0 aromatic heterocycles. The lowest BCUT2D eigenvalue weighted by Gasteiger charge is -2.07. The van der Waals surface area contributed by atoms with Crippen molar-refractivity contribution in [1.29, 1.82) is 0 Å². The van der Waals surface area contributed by atoms with Crippen molar-refractivity contribution >= 4 is 34.0 Å². The molecule has 6 heteroatoms. The molecule has 0 radical (unpaired) electrons. The summed E-state index contributed by atoms with van der Waals surface area (Å²) in [6, 6.07) is 5.81. The van der Waals surface area contributed by atoms with Crippen molar-refractivity contribution in [1.82, 2.24) is 5.32 Å². The van der Waals surface area contributed by atoms with Gasteiger partial charge < -0.3 is 10.6 Å². The van der Waals surface area contributed by atoms with Crippen LogP contribution in [0.5, 0.6) is 0 Å². The van der Waals surface area contributed by atoms with Gasteiger partial charge in [0.15, 0.2) is 0 Å². The van der Waals surface area contributed by atoms with E-state index >= 15 is 0 Å². The molecule has 1 fully saturated rings. The fourth-order valence-electron chi connectivity index (χ4n) is 1.54. The molecule has 1 saturated carbocycles. The second-order valence-electron chi connectivity index (χ2n) is 4.08. The fraction of sp³-hybridized carbons (Fsp3) is 0.455. The first-order valence-corrected chi connectivity index (χ1v) is 6.66. The van der Waals surface area contributed by atoms with Crippen molar-refractivity contribution < 1.29 is 4.92 Å². The molecule has 92 valence electrons. The van der Waals surface area contributed by atoms with E-state index in [1.54, 1.807) is 18.2 Å². The van der Waals surface area contributed by atoms with E-state index in [0.29, 0.717) is 9.61 Å². The van der Waals surface area contributed by atoms with Crippen LogP contribution in [0.1, 0.15) is 12.8 Å². The monoisotopic (exact) mass is 347 g/mol. The van der Waals surface area contributed by atoms with Gasteiger partial charge in [0.1, 0.15) is 0 Å². The molecular weight excluding hydrogens is 333 g/mol. The summed E-state index contributed by atoms with van der Waals surface area (Å²) in [7, 11) is 0. The van der Waals surface area contributed by atoms with E-state index in [4.69, 9.17) is 0 Å². The lowest BCUT2D eigenvalue weighted by atomic mass is 10.3. The molecule has 1 aromatic rings. The van der Waals surface area contributed by atoms with Gasteiger partial charge in [0.25, 0.3) is 5.69 Å². The van der Waals surface area contributed by atoms with Gasteiger partial charge in [0.05, 0.1) is 8.49 Å². The van der Waals surface area contributed by atoms with Crippen LogP contribution in [-0.4, -0.2) is 24.1 Å². The van der Waals surface area contributed by atoms with Crippen LogP contribution < -0.4 is 10.6 Å². The lowest BCUT2D eigenvalue weighted by Crippen LogP contribution is -2.23. The highest BCUT2D eigenvalue weighted by molar-refractivity contribution is 14.1. The Kier molecular flexibility index (Phi) is 4.16. The zero-order valence-electron chi connectivity index (χ0n) is 9.28. The summed E-state index contributed by atoms with van der Waals surface area (Å²) in [4.78, 5) is 10.3. The summed E-state index contributed by atoms with van der Waals surface area (Å²) in [5, 5.41) is 17.3. The molecule has 0 bridgehead atoms. The van der Waals surface area contributed by atoms with Crippen LogP contribution in [-0.2, 0) is 0 Å². The van der Waals surface area contributed by atoms with Gasteiger partial charge in [-0.05, 0) is 47.6 Å². The molecule has 1 aromatic carbocycles. The minimum atomic E-state index is -0.361. The molecular formula is C11H14IN3O2. The summed E-state index contributed by atoms with van der Waals surface area (Å²) < 4.78 is 0.660. The first kappa shape index (κ1) is 12.6. The normalized spacial score (nSPS) is 14.6. The number of nitrogens with one attached hydrogen (secondary N) is 2. The number of hydrogen-bond donors (Lipinski definition) is 2. The molecule has 1 aliphatic carbocycles. The van der Waals surface area contributed by atoms with Gasteiger partial charge in [-0.25, -0.2) is 0 Å². The van der Waals surface area contributed by atoms with Crippen LogP contribution in [0.25, 0.3) is 0 Å². The highest BCUT2D eigenvalue weighted by Gasteiger charge is 2.19. The SMILES string of the molecule is O=[N+]([O-])c1ccc(NCCNC2CC2)cc1I. The Labute approximate surface area is 113 Å². The summed E-state index contributed by atoms with van der Waals surface area (Å²) in [5.41, 5.74) is 1.09. The minimum absolute atomic E-state index is 0.159. The van der Waals surface area contributed by atoms with Gasteiger partial charge in [-0.2, -0.15) is 0 Å². The maximum atomic E-state index is 10.6. The molecule has 2 rings (SSSR count). The van der Waals surface area contributed by atoms with Crippen LogP contribution >= 0.6 is 22.6 Å². The number of nitro groups is 1. The minimum Gasteiger partial charge on any atom is -0.384 e. The standard InChI is InChI=1S/C11H14IN3O2/c12-10-7-9(3-4-11(10)15(16)17)14-6-5-13-8-1-2-8/h3-4,7-8,13-14H,1-2,5-6H2. The highest BCUT2D eigenvalue weighted by Crippen LogP contribution is 2.24. The smallest absolute Gasteiger partial charge is 0.282 e. The van der Waals surface area contributed by atoms with Gasteiger partial charge in [-0.15, -0.1) is 0 Å². The van der Waals surface area contributed by atoms with Crippen molar-refractivity contribution in [3.63, 3.8) is 0 Å². The second kappa shape index (κ2) is 5.63. The highest BCUT2D eigenvalue weighted by atomic mass is 127. The maximum absolute atomic E-state index is 10.6. The van der Waals surface area contributed by atoms with Crippen LogP contribution in [0.4, 0.5) is 11.4 Å². The third-order valence-corrected chi connectivity index (χ3v) is 3.47. The predicted molar refractivity (Wildman–Crippen MR) is 75.3 cm³/mol. The molecule has 1 aliphatic rings. The largest absolute Gasteiger partial charge is 0.384 e. The Morgan fingerprint density at radius 3 is 2.76 bits per heavy atom. The molecule has 0 unspecified atom stereocenters. The van der Waals surface area contributed by atoms with E-state index in [9.17, 15) is 10.1 Å². The Balaban J connectivity index is 1.83. The number of hydrogen-bond acceptors (Lipinski definition) is 4. The summed E-state index contributed by atoms with van der Waals surface area (Å²) in [5.74, 6) is 0. The van der Waals surface area contributed by atoms with Crippen LogP contribution in [0.2, 0.25) is 0 Å². The number of halogens is 1. The number of benzene rings is 1. The van der Waals surface area contributed by atoms with Gasteiger partial charge in [-0.1, -0.05) is 0 Å². The molecule has 0 aliphatic heterocycles. The Morgan fingerprint density at radius 2 is 2.18 bits per heavy atom. The van der Waals surface area contributed by atoms with E-state index in [0.717, 1.165) is 18.8 Å². The average Bonchev–Trinajstić information content (AvgIpc) is 3.08. The van der Waals surface area contributed by atoms with Gasteiger partial charge in [0, 0.05) is 30.9 Å². The summed E-state index contributed by atoms with van der Waals surface area (Å²) in [6.07, 6.45) is 2.57. The number of anilines is 1. The van der Waals surface area contributed by atoms with Crippen molar-refractivity contribution in [2.24, 2.45) is 0 Å². The second-order valence-corrected chi connectivity index (χ2v) is 5.24. The van der Waals surface area contributed by atoms with E-state index < -0.39 is 0 Å². The first-order chi connectivity index (χ1) is 8.16. The van der Waals surface area contributed by atoms with Crippen LogP contribution in [0.15, 0.2) is 18.2 Å². The van der Waals surface area contributed by atoms with Crippen molar-refractivity contribution in [2.75, 3.05) is 18.4 Å². The topological polar surface area (TPSA) is 67.2 Å². The van der Waals surface area contributed by atoms with Crippen molar-refractivity contribution in [2.45, 2.75) is 18.9 Å². The molecule has 0 atom stereocenters. The fourth-order valence-corrected chi connectivity index (χ4v) is 2.25. The molecule has 0 saturated heterocycles. The molecule has 0 heterocycles. The lowest BCUT2D eigenvalue weighted by molar-refractivity contribution is -0.385. The first-order valence-electron chi connectivity index (χ1n) is 5.58. The maximum Gasteiger partial charge on any atom is 0.282 e. The Morgan fingerprint density at radius 1 is 1.41 bits per heavy atom. The average molecular weight is 347 g/mol. The van der Waals surface area contributed by atoms with Gasteiger partial charge >= 0.3 is 0 Å². The third-order valence-electron chi connectivity index (χ3n) is 2.61. The zero-order chi connectivity index (χ0) is 12.3. The Bertz CT molecular complexity index is 421. The molecule has 0 amide bonds. The molecule has 0 spiro atoms. The van der Waals surface area contributed by atoms with Gasteiger partial charge in [0.2, 0.25) is 0 Å². The van der Waals surface area contributed by atoms with Crippen molar-refractivity contribution in [3.8, 4) is 0 Å². The Hall–Kier alpha value is -0.890. The van der Waals surface area contributed by atoms with E-state index in [1.165, 1.54) is 12.8 Å². The molecule has 2 N–H and O–H groups in total. The predicted octanol–water partition coefficient (Wildman–Crippen LogP) is 2.36. The van der Waals surface area contributed by atoms with Crippen LogP contribution in [0, 0.1) is 13.7 Å². The zero-order valence-corrected chi connectivity index (χ0v) is 11.4. The number of nitrogens with zero attached hydrogens (tertiary/aromatic N) is 1. The van der Waals surface area contributed by atoms with Crippen LogP contribution in [0.3, 0.4) is 0 Å². The summed E-state index contributed by atoms with van der Waals surface area (Å²) >= 11 is 1.99. The quantitative estimate of drug-likeness (QED) is 0.359. The molecule has 17 heavy (non-hydrogen) atoms. The molecule has 5 nitrogen and oxygen atoms in total. The third kappa shape index (κ3) is 3.81. The van der Waals surface area contributed by atoms with Crippen molar-refractivity contribution in [3.05, 3.63) is 31.9 Å². The number of nitro benzene ring substituents is 1. The summed E-state index contributed by atoms with van der Waals surface area (Å²) in [6.45, 7) is 1.77. The van der Waals surface area contributed by atoms with Gasteiger partial charge in [-0.3, -0.25) is 10.1 Å². The number of rotatable bonds is 6. The van der Waals surface area contributed by atoms with E-state index in [-0.39, 0.29) is 10.6 Å². The van der Waals surface area contributed by atoms with E-state index in [1.807, 2.05) is 22.6 Å². The van der Waals surface area contributed by atoms with E-state index in [2.05, 4.69) is 10.6 Å².